The Morgan fingerprint density at radius 2 is 2.09 bits per heavy atom. The number of fused-ring (bicyclic) bond motifs is 1. The van der Waals surface area contributed by atoms with Crippen LogP contribution in [0.25, 0.3) is 11.0 Å². The fourth-order valence-electron chi connectivity index (χ4n) is 4.90. The maximum absolute atomic E-state index is 13.8. The maximum Gasteiger partial charge on any atom is 0.254 e. The average molecular weight is 480 g/mol. The van der Waals surface area contributed by atoms with E-state index in [0.717, 1.165) is 37.3 Å². The van der Waals surface area contributed by atoms with Crippen LogP contribution in [0.4, 0.5) is 15.9 Å². The molecule has 3 aromatic rings. The fraction of sp³-hybridized carbons (Fsp3) is 0.423. The van der Waals surface area contributed by atoms with Gasteiger partial charge in [0.1, 0.15) is 11.6 Å². The molecule has 0 radical (unpaired) electrons. The van der Waals surface area contributed by atoms with E-state index in [-0.39, 0.29) is 30.4 Å². The van der Waals surface area contributed by atoms with Crippen molar-refractivity contribution in [3.05, 3.63) is 59.5 Å². The van der Waals surface area contributed by atoms with Crippen LogP contribution in [0, 0.1) is 5.82 Å². The molecule has 2 atom stereocenters. The molecule has 0 bridgehead atoms. The Hall–Kier alpha value is -3.30. The number of benzene rings is 2. The molecule has 8 nitrogen and oxygen atoms in total. The molecule has 9 heteroatoms. The van der Waals surface area contributed by atoms with E-state index < -0.39 is 0 Å². The Morgan fingerprint density at radius 3 is 2.86 bits per heavy atom. The highest BCUT2D eigenvalue weighted by molar-refractivity contribution is 5.99. The van der Waals surface area contributed by atoms with Gasteiger partial charge in [-0.25, -0.2) is 9.37 Å². The highest BCUT2D eigenvalue weighted by atomic mass is 19.1. The summed E-state index contributed by atoms with van der Waals surface area (Å²) in [7, 11) is 0. The number of ether oxygens (including phenoxy) is 1. The molecule has 0 spiro atoms. The van der Waals surface area contributed by atoms with Gasteiger partial charge in [0.25, 0.3) is 5.91 Å². The number of likely N-dealkylation sites (tertiary alicyclic amines) is 1. The molecule has 2 saturated heterocycles. The summed E-state index contributed by atoms with van der Waals surface area (Å²) < 4.78 is 19.3. The molecular weight excluding hydrogens is 449 g/mol. The van der Waals surface area contributed by atoms with Gasteiger partial charge in [-0.2, -0.15) is 0 Å². The molecule has 35 heavy (non-hydrogen) atoms. The van der Waals surface area contributed by atoms with Crippen molar-refractivity contribution in [2.75, 3.05) is 49.7 Å². The zero-order valence-corrected chi connectivity index (χ0v) is 19.8. The van der Waals surface area contributed by atoms with Crippen LogP contribution in [0.15, 0.2) is 42.6 Å². The normalized spacial score (nSPS) is 19.2. The van der Waals surface area contributed by atoms with Crippen LogP contribution in [0.3, 0.4) is 0 Å². The smallest absolute Gasteiger partial charge is 0.254 e. The Bertz CT molecular complexity index is 1220. The number of halogens is 1. The number of aliphatic hydroxyl groups is 1. The monoisotopic (exact) mass is 479 g/mol. The predicted octanol–water partition coefficient (Wildman–Crippen LogP) is 3.38. The second-order valence-corrected chi connectivity index (χ2v) is 9.11. The molecule has 1 amide bonds. The largest absolute Gasteiger partial charge is 0.394 e. The van der Waals surface area contributed by atoms with Gasteiger partial charge in [0.05, 0.1) is 49.1 Å². The molecule has 3 heterocycles. The Kier molecular flexibility index (Phi) is 6.79. The SMILES string of the molecule is CC(Nc1cccc(F)c1)c1cc(C(=O)N2CCCC2CO)cc2ncc(N3CCOCC3)nc12. The van der Waals surface area contributed by atoms with Crippen molar-refractivity contribution in [3.8, 4) is 0 Å². The number of carbonyl (C=O) groups excluding carboxylic acids is 1. The molecule has 2 N–H and O–H groups in total. The van der Waals surface area contributed by atoms with E-state index in [0.29, 0.717) is 42.0 Å². The van der Waals surface area contributed by atoms with E-state index in [1.165, 1.54) is 12.1 Å². The van der Waals surface area contributed by atoms with Crippen LogP contribution >= 0.6 is 0 Å². The van der Waals surface area contributed by atoms with Crippen molar-refractivity contribution in [3.63, 3.8) is 0 Å². The van der Waals surface area contributed by atoms with E-state index >= 15 is 0 Å². The third-order valence-corrected chi connectivity index (χ3v) is 6.77. The third-order valence-electron chi connectivity index (χ3n) is 6.77. The van der Waals surface area contributed by atoms with E-state index in [1.54, 1.807) is 29.3 Å². The summed E-state index contributed by atoms with van der Waals surface area (Å²) in [4.78, 5) is 26.9. The standard InChI is InChI=1S/C26H30FN5O3/c1-17(29-20-5-2-4-19(27)14-20)22-12-18(26(34)32-7-3-6-21(32)16-33)13-23-25(22)30-24(15-28-23)31-8-10-35-11-9-31/h2,4-5,12-15,17,21,29,33H,3,6-11,16H2,1H3. The fourth-order valence-corrected chi connectivity index (χ4v) is 4.90. The molecule has 2 aromatic carbocycles. The molecule has 2 fully saturated rings. The maximum atomic E-state index is 13.8. The number of rotatable bonds is 6. The first-order valence-corrected chi connectivity index (χ1v) is 12.1. The van der Waals surface area contributed by atoms with Crippen LogP contribution in [0.5, 0.6) is 0 Å². The topological polar surface area (TPSA) is 90.8 Å². The number of hydrogen-bond donors (Lipinski definition) is 2. The van der Waals surface area contributed by atoms with Crippen LogP contribution in [-0.4, -0.2) is 71.4 Å². The first kappa shape index (κ1) is 23.4. The molecule has 5 rings (SSSR count). The summed E-state index contributed by atoms with van der Waals surface area (Å²) in [5, 5.41) is 13.1. The molecule has 1 aromatic heterocycles. The van der Waals surface area contributed by atoms with Crippen LogP contribution in [0.2, 0.25) is 0 Å². The second-order valence-electron chi connectivity index (χ2n) is 9.11. The highest BCUT2D eigenvalue weighted by Gasteiger charge is 2.30. The summed E-state index contributed by atoms with van der Waals surface area (Å²) in [5.74, 6) is 0.315. The minimum absolute atomic E-state index is 0.0492. The third kappa shape index (κ3) is 4.92. The lowest BCUT2D eigenvalue weighted by Crippen LogP contribution is -2.37. The van der Waals surface area contributed by atoms with E-state index in [4.69, 9.17) is 9.72 Å². The molecule has 2 aliphatic rings. The van der Waals surface area contributed by atoms with E-state index in [2.05, 4.69) is 15.2 Å². The lowest BCUT2D eigenvalue weighted by atomic mass is 10.0. The molecule has 2 aliphatic heterocycles. The van der Waals surface area contributed by atoms with Gasteiger partial charge in [-0.15, -0.1) is 0 Å². The van der Waals surface area contributed by atoms with Crippen LogP contribution in [-0.2, 0) is 4.74 Å². The predicted molar refractivity (Wildman–Crippen MR) is 132 cm³/mol. The average Bonchev–Trinajstić information content (AvgIpc) is 3.37. The number of aliphatic hydroxyl groups excluding tert-OH is 1. The quantitative estimate of drug-likeness (QED) is 0.560. The van der Waals surface area contributed by atoms with Gasteiger partial charge in [-0.05, 0) is 50.1 Å². The summed E-state index contributed by atoms with van der Waals surface area (Å²) in [6, 6.07) is 9.49. The van der Waals surface area contributed by atoms with Crippen molar-refractivity contribution in [1.29, 1.82) is 0 Å². The molecule has 0 saturated carbocycles. The number of morpholine rings is 1. The van der Waals surface area contributed by atoms with Crippen molar-refractivity contribution in [1.82, 2.24) is 14.9 Å². The summed E-state index contributed by atoms with van der Waals surface area (Å²) >= 11 is 0. The number of amides is 1. The highest BCUT2D eigenvalue weighted by Crippen LogP contribution is 2.30. The molecule has 184 valence electrons. The number of carbonyl (C=O) groups is 1. The number of nitrogens with zero attached hydrogens (tertiary/aromatic N) is 4. The summed E-state index contributed by atoms with van der Waals surface area (Å²) in [6.45, 7) is 5.28. The zero-order chi connectivity index (χ0) is 24.4. The Labute approximate surface area is 203 Å². The molecular formula is C26H30FN5O3. The van der Waals surface area contributed by atoms with Crippen molar-refractivity contribution in [2.45, 2.75) is 31.8 Å². The molecule has 0 aliphatic carbocycles. The summed E-state index contributed by atoms with van der Waals surface area (Å²) in [5.41, 5.74) is 3.27. The van der Waals surface area contributed by atoms with Crippen molar-refractivity contribution < 1.29 is 19.0 Å². The van der Waals surface area contributed by atoms with Gasteiger partial charge in [0, 0.05) is 36.4 Å². The number of nitrogens with one attached hydrogen (secondary N) is 1. The number of hydrogen-bond acceptors (Lipinski definition) is 7. The van der Waals surface area contributed by atoms with E-state index in [9.17, 15) is 14.3 Å². The van der Waals surface area contributed by atoms with Crippen LogP contribution in [0.1, 0.15) is 41.7 Å². The minimum atomic E-state index is -0.325. The lowest BCUT2D eigenvalue weighted by molar-refractivity contribution is 0.0677. The first-order valence-electron chi connectivity index (χ1n) is 12.1. The van der Waals surface area contributed by atoms with Gasteiger partial charge in [-0.1, -0.05) is 6.07 Å². The second kappa shape index (κ2) is 10.1. The van der Waals surface area contributed by atoms with E-state index in [1.807, 2.05) is 13.0 Å². The lowest BCUT2D eigenvalue weighted by Gasteiger charge is -2.28. The number of aromatic nitrogens is 2. The Morgan fingerprint density at radius 1 is 1.26 bits per heavy atom. The van der Waals surface area contributed by atoms with Crippen LogP contribution < -0.4 is 10.2 Å². The summed E-state index contributed by atoms with van der Waals surface area (Å²) in [6.07, 6.45) is 3.41. The van der Waals surface area contributed by atoms with Gasteiger partial charge in [0.2, 0.25) is 0 Å². The van der Waals surface area contributed by atoms with Gasteiger partial charge < -0.3 is 25.0 Å². The van der Waals surface area contributed by atoms with Gasteiger partial charge >= 0.3 is 0 Å². The minimum Gasteiger partial charge on any atom is -0.394 e. The molecule has 2 unspecified atom stereocenters. The number of anilines is 2. The van der Waals surface area contributed by atoms with Gasteiger partial charge in [-0.3, -0.25) is 9.78 Å². The van der Waals surface area contributed by atoms with Gasteiger partial charge in [0.15, 0.2) is 0 Å². The van der Waals surface area contributed by atoms with Crippen molar-refractivity contribution in [2.24, 2.45) is 0 Å². The van der Waals surface area contributed by atoms with Crippen molar-refractivity contribution >= 4 is 28.4 Å². The first-order chi connectivity index (χ1) is 17.0. The zero-order valence-electron chi connectivity index (χ0n) is 19.8. The Balaban J connectivity index is 1.56.